The second-order valence-electron chi connectivity index (χ2n) is 6.73. The van der Waals surface area contributed by atoms with Gasteiger partial charge in [-0.15, -0.1) is 0 Å². The van der Waals surface area contributed by atoms with Crippen LogP contribution in [0.25, 0.3) is 0 Å². The maximum absolute atomic E-state index is 11.9. The minimum atomic E-state index is -0.417. The molecule has 1 aliphatic carbocycles. The van der Waals surface area contributed by atoms with Gasteiger partial charge in [0.1, 0.15) is 5.60 Å². The van der Waals surface area contributed by atoms with Gasteiger partial charge < -0.3 is 14.4 Å². The third-order valence-corrected chi connectivity index (χ3v) is 3.73. The van der Waals surface area contributed by atoms with Crippen LogP contribution in [0.5, 0.6) is 0 Å². The molecule has 4 nitrogen and oxygen atoms in total. The van der Waals surface area contributed by atoms with Gasteiger partial charge in [0.2, 0.25) is 0 Å². The van der Waals surface area contributed by atoms with Crippen molar-refractivity contribution in [3.8, 4) is 0 Å². The molecule has 2 rings (SSSR count). The maximum Gasteiger partial charge on any atom is 0.410 e. The van der Waals surface area contributed by atoms with Crippen molar-refractivity contribution < 1.29 is 14.3 Å². The summed E-state index contributed by atoms with van der Waals surface area (Å²) in [6.45, 7) is 7.14. The fourth-order valence-electron chi connectivity index (χ4n) is 2.80. The van der Waals surface area contributed by atoms with Gasteiger partial charge in [-0.2, -0.15) is 0 Å². The van der Waals surface area contributed by atoms with Crippen LogP contribution in [-0.2, 0) is 9.47 Å². The monoisotopic (exact) mass is 269 g/mol. The molecule has 1 amide bonds. The van der Waals surface area contributed by atoms with Crippen molar-refractivity contribution in [2.45, 2.75) is 77.1 Å². The van der Waals surface area contributed by atoms with Crippen molar-refractivity contribution in [1.29, 1.82) is 0 Å². The van der Waals surface area contributed by atoms with Crippen LogP contribution in [0.1, 0.15) is 59.3 Å². The van der Waals surface area contributed by atoms with Gasteiger partial charge in [-0.05, 0) is 40.0 Å². The first-order valence-electron chi connectivity index (χ1n) is 7.57. The topological polar surface area (TPSA) is 38.8 Å². The van der Waals surface area contributed by atoms with Gasteiger partial charge in [0.15, 0.2) is 0 Å². The Bertz CT molecular complexity index is 305. The first kappa shape index (κ1) is 14.6. The molecule has 0 aromatic carbocycles. The lowest BCUT2D eigenvalue weighted by molar-refractivity contribution is -0.0265. The lowest BCUT2D eigenvalue weighted by Gasteiger charge is -2.26. The van der Waals surface area contributed by atoms with Gasteiger partial charge in [0, 0.05) is 6.54 Å². The van der Waals surface area contributed by atoms with E-state index in [4.69, 9.17) is 9.47 Å². The Morgan fingerprint density at radius 2 is 1.74 bits per heavy atom. The van der Waals surface area contributed by atoms with E-state index in [1.165, 1.54) is 32.1 Å². The van der Waals surface area contributed by atoms with Crippen molar-refractivity contribution in [1.82, 2.24) is 4.90 Å². The van der Waals surface area contributed by atoms with Gasteiger partial charge in [0.05, 0.1) is 18.8 Å². The number of hydrogen-bond acceptors (Lipinski definition) is 3. The number of hydrogen-bond donors (Lipinski definition) is 0. The summed E-state index contributed by atoms with van der Waals surface area (Å²) in [6.07, 6.45) is 7.63. The third-order valence-electron chi connectivity index (χ3n) is 3.73. The van der Waals surface area contributed by atoms with Crippen molar-refractivity contribution >= 4 is 6.09 Å². The van der Waals surface area contributed by atoms with Crippen molar-refractivity contribution in [3.05, 3.63) is 0 Å². The average Bonchev–Trinajstić information content (AvgIpc) is 2.77. The largest absolute Gasteiger partial charge is 0.444 e. The van der Waals surface area contributed by atoms with E-state index in [-0.39, 0.29) is 12.2 Å². The highest BCUT2D eigenvalue weighted by molar-refractivity contribution is 5.68. The standard InChI is InChI=1S/C15H27NO3/c1-15(2,3)19-14(17)16-10-9-13(11-16)18-12-7-5-4-6-8-12/h12-13H,4-11H2,1-3H3/t13-/m0/s1. The van der Waals surface area contributed by atoms with Gasteiger partial charge >= 0.3 is 6.09 Å². The zero-order chi connectivity index (χ0) is 13.9. The molecule has 0 bridgehead atoms. The molecule has 0 aromatic heterocycles. The number of likely N-dealkylation sites (tertiary alicyclic amines) is 1. The molecule has 0 unspecified atom stereocenters. The fourth-order valence-corrected chi connectivity index (χ4v) is 2.80. The molecule has 1 saturated heterocycles. The summed E-state index contributed by atoms with van der Waals surface area (Å²) in [5, 5.41) is 0. The average molecular weight is 269 g/mol. The molecule has 0 aromatic rings. The maximum atomic E-state index is 11.9. The van der Waals surface area contributed by atoms with E-state index in [9.17, 15) is 4.79 Å². The van der Waals surface area contributed by atoms with E-state index in [0.29, 0.717) is 12.6 Å². The van der Waals surface area contributed by atoms with Crippen LogP contribution in [0.15, 0.2) is 0 Å². The molecule has 110 valence electrons. The highest BCUT2D eigenvalue weighted by atomic mass is 16.6. The Morgan fingerprint density at radius 1 is 1.05 bits per heavy atom. The van der Waals surface area contributed by atoms with Crippen LogP contribution < -0.4 is 0 Å². The SMILES string of the molecule is CC(C)(C)OC(=O)N1CC[C@H](OC2CCCCC2)C1. The third kappa shape index (κ3) is 4.68. The smallest absolute Gasteiger partial charge is 0.410 e. The second-order valence-corrected chi connectivity index (χ2v) is 6.73. The van der Waals surface area contributed by atoms with Gasteiger partial charge in [-0.25, -0.2) is 4.79 Å². The van der Waals surface area contributed by atoms with Crippen LogP contribution in [-0.4, -0.2) is 41.9 Å². The van der Waals surface area contributed by atoms with Crippen molar-refractivity contribution in [2.24, 2.45) is 0 Å². The molecule has 0 spiro atoms. The molecular weight excluding hydrogens is 242 g/mol. The molecule has 1 saturated carbocycles. The molecule has 1 aliphatic heterocycles. The molecule has 0 N–H and O–H groups in total. The highest BCUT2D eigenvalue weighted by Crippen LogP contribution is 2.25. The van der Waals surface area contributed by atoms with Gasteiger partial charge in [0.25, 0.3) is 0 Å². The minimum absolute atomic E-state index is 0.204. The van der Waals surface area contributed by atoms with Crippen LogP contribution in [0, 0.1) is 0 Å². The van der Waals surface area contributed by atoms with E-state index < -0.39 is 5.60 Å². The summed E-state index contributed by atoms with van der Waals surface area (Å²) in [6, 6.07) is 0. The van der Waals surface area contributed by atoms with Crippen LogP contribution in [0.4, 0.5) is 4.79 Å². The molecule has 1 atom stereocenters. The fraction of sp³-hybridized carbons (Fsp3) is 0.933. The quantitative estimate of drug-likeness (QED) is 0.771. The number of ether oxygens (including phenoxy) is 2. The van der Waals surface area contributed by atoms with Crippen LogP contribution >= 0.6 is 0 Å². The van der Waals surface area contributed by atoms with Crippen molar-refractivity contribution in [2.75, 3.05) is 13.1 Å². The molecule has 2 aliphatic rings. The van der Waals surface area contributed by atoms with Gasteiger partial charge in [-0.3, -0.25) is 0 Å². The Morgan fingerprint density at radius 3 is 2.37 bits per heavy atom. The lowest BCUT2D eigenvalue weighted by atomic mass is 9.97. The highest BCUT2D eigenvalue weighted by Gasteiger charge is 2.31. The normalized spacial score (nSPS) is 25.6. The number of amides is 1. The van der Waals surface area contributed by atoms with E-state index in [2.05, 4.69) is 0 Å². The summed E-state index contributed by atoms with van der Waals surface area (Å²) >= 11 is 0. The Kier molecular flexibility index (Phi) is 4.71. The van der Waals surface area contributed by atoms with E-state index in [0.717, 1.165) is 13.0 Å². The van der Waals surface area contributed by atoms with Crippen LogP contribution in [0.3, 0.4) is 0 Å². The Labute approximate surface area is 116 Å². The zero-order valence-electron chi connectivity index (χ0n) is 12.5. The summed E-state index contributed by atoms with van der Waals surface area (Å²) < 4.78 is 11.5. The second kappa shape index (κ2) is 6.12. The van der Waals surface area contributed by atoms with Crippen molar-refractivity contribution in [3.63, 3.8) is 0 Å². The molecule has 0 radical (unpaired) electrons. The number of carbonyl (C=O) groups excluding carboxylic acids is 1. The summed E-state index contributed by atoms with van der Waals surface area (Å²) in [5.74, 6) is 0. The zero-order valence-corrected chi connectivity index (χ0v) is 12.5. The molecule has 4 heteroatoms. The Hall–Kier alpha value is -0.770. The molecular formula is C15H27NO3. The van der Waals surface area contributed by atoms with E-state index >= 15 is 0 Å². The lowest BCUT2D eigenvalue weighted by Crippen LogP contribution is -2.36. The van der Waals surface area contributed by atoms with Gasteiger partial charge in [-0.1, -0.05) is 19.3 Å². The van der Waals surface area contributed by atoms with E-state index in [1.54, 1.807) is 4.90 Å². The summed E-state index contributed by atoms with van der Waals surface area (Å²) in [4.78, 5) is 13.7. The first-order chi connectivity index (χ1) is 8.94. The Balaban J connectivity index is 1.74. The predicted octanol–water partition coefficient (Wildman–Crippen LogP) is 3.35. The molecule has 19 heavy (non-hydrogen) atoms. The summed E-state index contributed by atoms with van der Waals surface area (Å²) in [7, 11) is 0. The number of rotatable bonds is 2. The van der Waals surface area contributed by atoms with E-state index in [1.807, 2.05) is 20.8 Å². The first-order valence-corrected chi connectivity index (χ1v) is 7.57. The number of carbonyl (C=O) groups is 1. The molecule has 2 fully saturated rings. The minimum Gasteiger partial charge on any atom is -0.444 e. The molecule has 1 heterocycles. The van der Waals surface area contributed by atoms with Crippen LogP contribution in [0.2, 0.25) is 0 Å². The number of nitrogens with zero attached hydrogens (tertiary/aromatic N) is 1. The predicted molar refractivity (Wildman–Crippen MR) is 74.2 cm³/mol. The summed E-state index contributed by atoms with van der Waals surface area (Å²) in [5.41, 5.74) is -0.417.